The van der Waals surface area contributed by atoms with E-state index in [0.717, 1.165) is 45.7 Å². The number of hydrogen-bond donors (Lipinski definition) is 1. The zero-order valence-corrected chi connectivity index (χ0v) is 8.88. The maximum absolute atomic E-state index is 5.93. The molecule has 0 bridgehead atoms. The van der Waals surface area contributed by atoms with Crippen LogP contribution in [0.15, 0.2) is 0 Å². The normalized spacial score (nSPS) is 21.5. The van der Waals surface area contributed by atoms with Gasteiger partial charge in [0.2, 0.25) is 0 Å². The first-order valence-corrected chi connectivity index (χ1v) is 5.17. The zero-order valence-electron chi connectivity index (χ0n) is 8.88. The smallest absolute Gasteiger partial charge is 0.0593 e. The number of hydrogen-bond acceptors (Lipinski definition) is 3. The minimum atomic E-state index is -0.0346. The van der Waals surface area contributed by atoms with Gasteiger partial charge in [0.05, 0.1) is 6.61 Å². The van der Waals surface area contributed by atoms with Crippen LogP contribution in [0.25, 0.3) is 0 Å². The highest BCUT2D eigenvalue weighted by molar-refractivity contribution is 4.74. The Kier molecular flexibility index (Phi) is 4.16. The van der Waals surface area contributed by atoms with Crippen molar-refractivity contribution in [2.24, 2.45) is 5.73 Å². The van der Waals surface area contributed by atoms with Crippen LogP contribution in [0.5, 0.6) is 0 Å². The Labute approximate surface area is 81.2 Å². The number of nitrogens with two attached hydrogens (primary N) is 1. The van der Waals surface area contributed by atoms with E-state index in [4.69, 9.17) is 10.5 Å². The average molecular weight is 186 g/mol. The van der Waals surface area contributed by atoms with Crippen LogP contribution in [0.4, 0.5) is 0 Å². The first-order valence-electron chi connectivity index (χ1n) is 5.17. The van der Waals surface area contributed by atoms with Crippen molar-refractivity contribution in [3.05, 3.63) is 0 Å². The van der Waals surface area contributed by atoms with Gasteiger partial charge < -0.3 is 15.4 Å². The first kappa shape index (κ1) is 11.0. The molecule has 2 N–H and O–H groups in total. The number of rotatable bonds is 3. The molecule has 1 aliphatic rings. The van der Waals surface area contributed by atoms with Gasteiger partial charge in [-0.25, -0.2) is 0 Å². The summed E-state index contributed by atoms with van der Waals surface area (Å²) in [6, 6.07) is 0. The lowest BCUT2D eigenvalue weighted by Gasteiger charge is -2.24. The van der Waals surface area contributed by atoms with Crippen molar-refractivity contribution < 1.29 is 4.74 Å². The van der Waals surface area contributed by atoms with Gasteiger partial charge in [0.15, 0.2) is 0 Å². The lowest BCUT2D eigenvalue weighted by Crippen LogP contribution is -2.38. The molecule has 0 aromatic heterocycles. The molecule has 78 valence electrons. The van der Waals surface area contributed by atoms with Crippen LogP contribution in [0.2, 0.25) is 0 Å². The Morgan fingerprint density at radius 1 is 1.31 bits per heavy atom. The quantitative estimate of drug-likeness (QED) is 0.709. The standard InChI is InChI=1S/C10H22N2O/c1-10(2,11)4-6-12-5-3-8-13-9-7-12/h3-9,11H2,1-2H3. The molecule has 0 unspecified atom stereocenters. The highest BCUT2D eigenvalue weighted by Crippen LogP contribution is 2.07. The second kappa shape index (κ2) is 4.94. The van der Waals surface area contributed by atoms with E-state index < -0.39 is 0 Å². The van der Waals surface area contributed by atoms with Gasteiger partial charge in [-0.15, -0.1) is 0 Å². The molecule has 0 radical (unpaired) electrons. The third kappa shape index (κ3) is 5.24. The second-order valence-electron chi connectivity index (χ2n) is 4.55. The molecule has 3 heteroatoms. The van der Waals surface area contributed by atoms with Gasteiger partial charge in [-0.3, -0.25) is 0 Å². The summed E-state index contributed by atoms with van der Waals surface area (Å²) in [5, 5.41) is 0. The third-order valence-corrected chi connectivity index (χ3v) is 2.39. The Bertz CT molecular complexity index is 134. The van der Waals surface area contributed by atoms with Crippen molar-refractivity contribution >= 4 is 0 Å². The Balaban J connectivity index is 2.19. The molecule has 0 aromatic rings. The third-order valence-electron chi connectivity index (χ3n) is 2.39. The van der Waals surface area contributed by atoms with Crippen molar-refractivity contribution in [1.29, 1.82) is 0 Å². The molecule has 1 saturated heterocycles. The predicted octanol–water partition coefficient (Wildman–Crippen LogP) is 0.836. The van der Waals surface area contributed by atoms with E-state index in [1.165, 1.54) is 0 Å². The lowest BCUT2D eigenvalue weighted by molar-refractivity contribution is 0.140. The molecule has 1 rings (SSSR count). The topological polar surface area (TPSA) is 38.5 Å². The SMILES string of the molecule is CC(C)(N)CCN1CCCOCC1. The number of nitrogens with zero attached hydrogens (tertiary/aromatic N) is 1. The van der Waals surface area contributed by atoms with Crippen LogP contribution in [0, 0.1) is 0 Å². The van der Waals surface area contributed by atoms with Crippen LogP contribution in [-0.4, -0.2) is 43.3 Å². The fourth-order valence-electron chi connectivity index (χ4n) is 1.47. The molecule has 1 heterocycles. The molecular weight excluding hydrogens is 164 g/mol. The van der Waals surface area contributed by atoms with Gasteiger partial charge in [0, 0.05) is 25.2 Å². The highest BCUT2D eigenvalue weighted by Gasteiger charge is 2.14. The summed E-state index contributed by atoms with van der Waals surface area (Å²) < 4.78 is 5.38. The van der Waals surface area contributed by atoms with Crippen LogP contribution in [-0.2, 0) is 4.74 Å². The van der Waals surface area contributed by atoms with E-state index >= 15 is 0 Å². The van der Waals surface area contributed by atoms with Crippen molar-refractivity contribution in [2.75, 3.05) is 32.8 Å². The van der Waals surface area contributed by atoms with Crippen molar-refractivity contribution in [3.8, 4) is 0 Å². The van der Waals surface area contributed by atoms with E-state index in [1.54, 1.807) is 0 Å². The van der Waals surface area contributed by atoms with Gasteiger partial charge in [0.1, 0.15) is 0 Å². The molecular formula is C10H22N2O. The summed E-state index contributed by atoms with van der Waals surface area (Å²) in [5.74, 6) is 0. The molecule has 13 heavy (non-hydrogen) atoms. The summed E-state index contributed by atoms with van der Waals surface area (Å²) in [4.78, 5) is 2.45. The molecule has 0 aromatic carbocycles. The van der Waals surface area contributed by atoms with Gasteiger partial charge in [-0.2, -0.15) is 0 Å². The maximum atomic E-state index is 5.93. The van der Waals surface area contributed by atoms with Crippen LogP contribution in [0.3, 0.4) is 0 Å². The minimum absolute atomic E-state index is 0.0346. The van der Waals surface area contributed by atoms with E-state index in [2.05, 4.69) is 18.7 Å². The lowest BCUT2D eigenvalue weighted by atomic mass is 10.0. The molecule has 0 amide bonds. The van der Waals surface area contributed by atoms with E-state index in [1.807, 2.05) is 0 Å². The molecule has 0 saturated carbocycles. The Hall–Kier alpha value is -0.120. The highest BCUT2D eigenvalue weighted by atomic mass is 16.5. The second-order valence-corrected chi connectivity index (χ2v) is 4.55. The summed E-state index contributed by atoms with van der Waals surface area (Å²) in [5.41, 5.74) is 5.90. The fourth-order valence-corrected chi connectivity index (χ4v) is 1.47. The minimum Gasteiger partial charge on any atom is -0.380 e. The molecule has 0 atom stereocenters. The largest absolute Gasteiger partial charge is 0.380 e. The number of ether oxygens (including phenoxy) is 1. The average Bonchev–Trinajstić information content (AvgIpc) is 2.26. The van der Waals surface area contributed by atoms with Crippen molar-refractivity contribution in [2.45, 2.75) is 32.2 Å². The molecule has 1 aliphatic heterocycles. The zero-order chi connectivity index (χ0) is 9.73. The molecule has 0 spiro atoms. The van der Waals surface area contributed by atoms with E-state index in [-0.39, 0.29) is 5.54 Å². The molecule has 0 aliphatic carbocycles. The maximum Gasteiger partial charge on any atom is 0.0593 e. The van der Waals surface area contributed by atoms with E-state index in [0.29, 0.717) is 0 Å². The van der Waals surface area contributed by atoms with Gasteiger partial charge >= 0.3 is 0 Å². The van der Waals surface area contributed by atoms with Gasteiger partial charge in [-0.1, -0.05) is 0 Å². The van der Waals surface area contributed by atoms with Gasteiger partial charge in [-0.05, 0) is 33.2 Å². The van der Waals surface area contributed by atoms with Crippen molar-refractivity contribution in [3.63, 3.8) is 0 Å². The van der Waals surface area contributed by atoms with Crippen LogP contribution < -0.4 is 5.73 Å². The summed E-state index contributed by atoms with van der Waals surface area (Å²) >= 11 is 0. The molecule has 1 fully saturated rings. The summed E-state index contributed by atoms with van der Waals surface area (Å²) in [7, 11) is 0. The van der Waals surface area contributed by atoms with Gasteiger partial charge in [0.25, 0.3) is 0 Å². The molecule has 3 nitrogen and oxygen atoms in total. The Morgan fingerprint density at radius 2 is 2.08 bits per heavy atom. The van der Waals surface area contributed by atoms with Crippen molar-refractivity contribution in [1.82, 2.24) is 4.90 Å². The van der Waals surface area contributed by atoms with Crippen LogP contribution in [0.1, 0.15) is 26.7 Å². The summed E-state index contributed by atoms with van der Waals surface area (Å²) in [6.45, 7) is 9.30. The monoisotopic (exact) mass is 186 g/mol. The van der Waals surface area contributed by atoms with E-state index in [9.17, 15) is 0 Å². The first-order chi connectivity index (χ1) is 6.08. The van der Waals surface area contributed by atoms with Crippen LogP contribution >= 0.6 is 0 Å². The fraction of sp³-hybridized carbons (Fsp3) is 1.00. The predicted molar refractivity (Wildman–Crippen MR) is 54.8 cm³/mol. The summed E-state index contributed by atoms with van der Waals surface area (Å²) in [6.07, 6.45) is 2.22. The Morgan fingerprint density at radius 3 is 2.77 bits per heavy atom.